The number of hydrogen-bond acceptors (Lipinski definition) is 4. The Morgan fingerprint density at radius 2 is 2.09 bits per heavy atom. The second-order valence-corrected chi connectivity index (χ2v) is 6.53. The maximum atomic E-state index is 12.5. The number of aliphatic carboxylic acids is 1. The smallest absolute Gasteiger partial charge is 0.327 e. The third kappa shape index (κ3) is 2.11. The van der Waals surface area contributed by atoms with Crippen molar-refractivity contribution in [2.24, 2.45) is 11.1 Å². The first kappa shape index (κ1) is 15.2. The van der Waals surface area contributed by atoms with E-state index in [9.17, 15) is 19.5 Å². The molecule has 1 unspecified atom stereocenters. The van der Waals surface area contributed by atoms with E-state index in [0.717, 1.165) is 0 Å². The predicted octanol–water partition coefficient (Wildman–Crippen LogP) is 0.414. The van der Waals surface area contributed by atoms with E-state index < -0.39 is 35.3 Å². The molecule has 2 saturated heterocycles. The number of β-lactam (4-membered cyclic amide) rings is 1. The molecule has 2 atom stereocenters. The summed E-state index contributed by atoms with van der Waals surface area (Å²) in [6, 6.07) is 3.69. The molecule has 0 spiro atoms. The molecule has 0 radical (unpaired) electrons. The van der Waals surface area contributed by atoms with E-state index in [1.165, 1.54) is 11.1 Å². The molecule has 1 aromatic heterocycles. The van der Waals surface area contributed by atoms with Crippen LogP contribution in [-0.2, 0) is 14.4 Å². The maximum absolute atomic E-state index is 12.5. The van der Waals surface area contributed by atoms with Crippen molar-refractivity contribution in [3.63, 3.8) is 0 Å². The van der Waals surface area contributed by atoms with Crippen LogP contribution >= 0.6 is 0 Å². The second-order valence-electron chi connectivity index (χ2n) is 6.53. The summed E-state index contributed by atoms with van der Waals surface area (Å²) in [5.41, 5.74) is 5.57. The summed E-state index contributed by atoms with van der Waals surface area (Å²) in [5.74, 6) is -2.22. The molecule has 0 saturated carbocycles. The minimum atomic E-state index is -1.04. The van der Waals surface area contributed by atoms with Gasteiger partial charge in [-0.2, -0.15) is 0 Å². The minimum absolute atomic E-state index is 0.0821. The van der Waals surface area contributed by atoms with E-state index in [1.54, 1.807) is 32.0 Å². The summed E-state index contributed by atoms with van der Waals surface area (Å²) in [6.07, 6.45) is 1.98. The Morgan fingerprint density at radius 1 is 1.39 bits per heavy atom. The third-order valence-electron chi connectivity index (χ3n) is 4.54. The van der Waals surface area contributed by atoms with Gasteiger partial charge in [0.15, 0.2) is 0 Å². The molecule has 23 heavy (non-hydrogen) atoms. The molecular formula is C16H17N3O4. The van der Waals surface area contributed by atoms with Gasteiger partial charge in [0.05, 0.1) is 22.9 Å². The third-order valence-corrected chi connectivity index (χ3v) is 4.54. The van der Waals surface area contributed by atoms with Crippen molar-refractivity contribution in [2.45, 2.75) is 32.4 Å². The fourth-order valence-electron chi connectivity index (χ4n) is 3.61. The number of fused-ring (bicyclic) bond motifs is 1. The Bertz CT molecular complexity index is 739. The zero-order valence-corrected chi connectivity index (χ0v) is 12.8. The van der Waals surface area contributed by atoms with Crippen LogP contribution < -0.4 is 5.73 Å². The summed E-state index contributed by atoms with van der Waals surface area (Å²) in [4.78, 5) is 41.4. The van der Waals surface area contributed by atoms with Crippen molar-refractivity contribution in [3.8, 4) is 0 Å². The zero-order chi connectivity index (χ0) is 16.9. The number of nitrogens with zero attached hydrogens (tertiary/aromatic N) is 2. The molecule has 3 heterocycles. The van der Waals surface area contributed by atoms with E-state index in [4.69, 9.17) is 5.73 Å². The number of amides is 2. The van der Waals surface area contributed by atoms with Gasteiger partial charge in [0.1, 0.15) is 6.04 Å². The first-order valence-corrected chi connectivity index (χ1v) is 7.26. The molecule has 0 bridgehead atoms. The summed E-state index contributed by atoms with van der Waals surface area (Å²) < 4.78 is 0. The number of carbonyl (C=O) groups is 3. The Kier molecular flexibility index (Phi) is 3.24. The van der Waals surface area contributed by atoms with Gasteiger partial charge in [0.2, 0.25) is 0 Å². The molecule has 2 aliphatic heterocycles. The van der Waals surface area contributed by atoms with Crippen molar-refractivity contribution in [2.75, 3.05) is 0 Å². The number of hydrogen-bond donors (Lipinski definition) is 2. The van der Waals surface area contributed by atoms with E-state index >= 15 is 0 Å². The number of carboxylic acids is 1. The van der Waals surface area contributed by atoms with Crippen LogP contribution in [0, 0.1) is 5.41 Å². The molecule has 7 heteroatoms. The lowest BCUT2D eigenvalue weighted by Gasteiger charge is -2.41. The van der Waals surface area contributed by atoms with E-state index in [0.29, 0.717) is 12.1 Å². The molecule has 0 aliphatic carbocycles. The fraction of sp³-hybridized carbons (Fsp3) is 0.375. The summed E-state index contributed by atoms with van der Waals surface area (Å²) in [6.45, 7) is 3.61. The number of carboxylic acid groups (broad SMARTS) is 1. The summed E-state index contributed by atoms with van der Waals surface area (Å²) in [5, 5.41) is 9.43. The van der Waals surface area contributed by atoms with E-state index in [1.807, 2.05) is 0 Å². The van der Waals surface area contributed by atoms with Gasteiger partial charge in [-0.25, -0.2) is 4.79 Å². The van der Waals surface area contributed by atoms with Crippen LogP contribution in [0.25, 0.3) is 5.57 Å². The summed E-state index contributed by atoms with van der Waals surface area (Å²) in [7, 11) is 0. The highest BCUT2D eigenvalue weighted by molar-refractivity contribution is 6.27. The molecule has 3 rings (SSSR count). The Morgan fingerprint density at radius 3 is 2.61 bits per heavy atom. The average molecular weight is 315 g/mol. The van der Waals surface area contributed by atoms with Crippen LogP contribution in [0.2, 0.25) is 0 Å². The zero-order valence-electron chi connectivity index (χ0n) is 12.8. The van der Waals surface area contributed by atoms with Crippen molar-refractivity contribution < 1.29 is 19.5 Å². The Hall–Kier alpha value is -2.70. The van der Waals surface area contributed by atoms with E-state index in [2.05, 4.69) is 4.98 Å². The topological polar surface area (TPSA) is 114 Å². The van der Waals surface area contributed by atoms with Gasteiger partial charge in [-0.1, -0.05) is 19.9 Å². The standard InChI is InChI=1S/C16H17N3O4/c1-16(2)7-9-11(14(21)19(9)12(16)15(22)23)10(13(17)20)8-5-3-4-6-18-8/h3-6,9,12H,7H2,1-2H3,(H2,17,20)(H,22,23)/b11-10-/t9?,12-/m0/s1. The summed E-state index contributed by atoms with van der Waals surface area (Å²) >= 11 is 0. The molecule has 2 amide bonds. The van der Waals surface area contributed by atoms with Gasteiger partial charge >= 0.3 is 5.97 Å². The normalized spacial score (nSPS) is 27.2. The highest BCUT2D eigenvalue weighted by atomic mass is 16.4. The van der Waals surface area contributed by atoms with Gasteiger partial charge < -0.3 is 15.7 Å². The SMILES string of the molecule is CC1(C)CC2/C(=C(/C(N)=O)c3ccccn3)C(=O)N2[C@H]1C(=O)O. The van der Waals surface area contributed by atoms with Gasteiger partial charge in [0.25, 0.3) is 11.8 Å². The number of carbonyl (C=O) groups excluding carboxylic acids is 2. The highest BCUT2D eigenvalue weighted by Crippen LogP contribution is 2.50. The number of aromatic nitrogens is 1. The van der Waals surface area contributed by atoms with Gasteiger partial charge in [-0.3, -0.25) is 14.6 Å². The first-order valence-electron chi connectivity index (χ1n) is 7.26. The van der Waals surface area contributed by atoms with Crippen molar-refractivity contribution >= 4 is 23.4 Å². The monoisotopic (exact) mass is 315 g/mol. The fourth-order valence-corrected chi connectivity index (χ4v) is 3.61. The molecule has 7 nitrogen and oxygen atoms in total. The molecule has 120 valence electrons. The average Bonchev–Trinajstić information content (AvgIpc) is 2.73. The number of rotatable bonds is 3. The quantitative estimate of drug-likeness (QED) is 0.619. The number of nitrogens with two attached hydrogens (primary N) is 1. The molecule has 3 N–H and O–H groups in total. The minimum Gasteiger partial charge on any atom is -0.480 e. The van der Waals surface area contributed by atoms with Crippen molar-refractivity contribution in [1.29, 1.82) is 0 Å². The Labute approximate surface area is 132 Å². The molecule has 2 aliphatic rings. The van der Waals surface area contributed by atoms with Crippen LogP contribution in [-0.4, -0.2) is 44.9 Å². The molecular weight excluding hydrogens is 298 g/mol. The van der Waals surface area contributed by atoms with Gasteiger partial charge in [-0.05, 0) is 24.0 Å². The number of pyridine rings is 1. The number of primary amides is 1. The predicted molar refractivity (Wildman–Crippen MR) is 80.8 cm³/mol. The lowest BCUT2D eigenvalue weighted by atomic mass is 9.82. The lowest BCUT2D eigenvalue weighted by molar-refractivity contribution is -0.154. The highest BCUT2D eigenvalue weighted by Gasteiger charge is 2.61. The molecule has 1 aromatic rings. The van der Waals surface area contributed by atoms with Gasteiger partial charge in [-0.15, -0.1) is 0 Å². The lowest BCUT2D eigenvalue weighted by Crippen LogP contribution is -2.58. The van der Waals surface area contributed by atoms with Crippen LogP contribution in [0.5, 0.6) is 0 Å². The molecule has 0 aromatic carbocycles. The first-order chi connectivity index (χ1) is 10.8. The van der Waals surface area contributed by atoms with Crippen molar-refractivity contribution in [1.82, 2.24) is 9.88 Å². The van der Waals surface area contributed by atoms with Crippen LogP contribution in [0.1, 0.15) is 26.0 Å². The van der Waals surface area contributed by atoms with Crippen molar-refractivity contribution in [3.05, 3.63) is 35.7 Å². The molecule has 2 fully saturated rings. The maximum Gasteiger partial charge on any atom is 0.327 e. The largest absolute Gasteiger partial charge is 0.480 e. The Balaban J connectivity index is 2.10. The van der Waals surface area contributed by atoms with Gasteiger partial charge in [0, 0.05) is 6.20 Å². The van der Waals surface area contributed by atoms with Crippen LogP contribution in [0.15, 0.2) is 30.0 Å². The van der Waals surface area contributed by atoms with Crippen LogP contribution in [0.4, 0.5) is 0 Å². The second kappa shape index (κ2) is 4.91. The van der Waals surface area contributed by atoms with Crippen LogP contribution in [0.3, 0.4) is 0 Å². The van der Waals surface area contributed by atoms with E-state index in [-0.39, 0.29) is 11.1 Å².